The summed E-state index contributed by atoms with van der Waals surface area (Å²) < 4.78 is 10.4. The molecule has 1 amide bonds. The molecule has 0 saturated carbocycles. The summed E-state index contributed by atoms with van der Waals surface area (Å²) in [7, 11) is 5.49. The maximum absolute atomic E-state index is 12.6. The maximum atomic E-state index is 12.6. The van der Waals surface area contributed by atoms with Crippen molar-refractivity contribution in [2.75, 3.05) is 27.7 Å². The highest BCUT2D eigenvalue weighted by atomic mass is 16.5. The molecule has 0 radical (unpaired) electrons. The van der Waals surface area contributed by atoms with Crippen LogP contribution < -0.4 is 15.7 Å². The number of nitrogens with zero attached hydrogens (tertiary/aromatic N) is 1. The van der Waals surface area contributed by atoms with Gasteiger partial charge in [-0.1, -0.05) is 30.3 Å². The van der Waals surface area contributed by atoms with Crippen LogP contribution in [0.3, 0.4) is 0 Å². The Morgan fingerprint density at radius 3 is 2.52 bits per heavy atom. The number of hydrogen-bond acceptors (Lipinski definition) is 5. The van der Waals surface area contributed by atoms with Gasteiger partial charge in [0.05, 0.1) is 13.2 Å². The Kier molecular flexibility index (Phi) is 5.57. The van der Waals surface area contributed by atoms with E-state index in [0.29, 0.717) is 17.5 Å². The molecule has 27 heavy (non-hydrogen) atoms. The molecule has 0 fully saturated rings. The van der Waals surface area contributed by atoms with Crippen LogP contribution in [0.2, 0.25) is 0 Å². The molecule has 6 nitrogen and oxygen atoms in total. The monoisotopic (exact) mass is 366 g/mol. The SMILES string of the molecule is COc1ccc([C@@H](CNC(=O)c2cc3ccccc3oc2=O)N(C)C)cc1. The van der Waals surface area contributed by atoms with Gasteiger partial charge in [-0.25, -0.2) is 4.79 Å². The van der Waals surface area contributed by atoms with E-state index in [4.69, 9.17) is 9.15 Å². The molecule has 1 aromatic heterocycles. The van der Waals surface area contributed by atoms with Crippen LogP contribution in [0.4, 0.5) is 0 Å². The fourth-order valence-corrected chi connectivity index (χ4v) is 2.93. The number of ether oxygens (including phenoxy) is 1. The molecular weight excluding hydrogens is 344 g/mol. The number of likely N-dealkylation sites (N-methyl/N-ethyl adjacent to an activating group) is 1. The fraction of sp³-hybridized carbons (Fsp3) is 0.238. The normalized spacial score (nSPS) is 12.1. The smallest absolute Gasteiger partial charge is 0.349 e. The number of hydrogen-bond donors (Lipinski definition) is 1. The third-order valence-corrected chi connectivity index (χ3v) is 4.47. The second kappa shape index (κ2) is 8.05. The Morgan fingerprint density at radius 2 is 1.85 bits per heavy atom. The van der Waals surface area contributed by atoms with E-state index < -0.39 is 11.5 Å². The number of carbonyl (C=O) groups is 1. The lowest BCUT2D eigenvalue weighted by atomic mass is 10.1. The van der Waals surface area contributed by atoms with Crippen molar-refractivity contribution in [2.45, 2.75) is 6.04 Å². The molecular formula is C21H22N2O4. The van der Waals surface area contributed by atoms with Crippen LogP contribution in [0, 0.1) is 0 Å². The van der Waals surface area contributed by atoms with E-state index in [1.54, 1.807) is 31.4 Å². The first kappa shape index (κ1) is 18.7. The van der Waals surface area contributed by atoms with Crippen LogP contribution in [-0.2, 0) is 0 Å². The number of fused-ring (bicyclic) bond motifs is 1. The summed E-state index contributed by atoms with van der Waals surface area (Å²) in [5.74, 6) is 0.323. The van der Waals surface area contributed by atoms with Crippen LogP contribution in [-0.4, -0.2) is 38.6 Å². The molecule has 0 spiro atoms. The predicted molar refractivity (Wildman–Crippen MR) is 104 cm³/mol. The highest BCUT2D eigenvalue weighted by Crippen LogP contribution is 2.21. The van der Waals surface area contributed by atoms with E-state index in [2.05, 4.69) is 5.32 Å². The summed E-state index contributed by atoms with van der Waals surface area (Å²) in [6, 6.07) is 16.3. The number of carbonyl (C=O) groups excluding carboxylic acids is 1. The molecule has 0 bridgehead atoms. The fourth-order valence-electron chi connectivity index (χ4n) is 2.93. The molecule has 1 heterocycles. The number of benzene rings is 2. The maximum Gasteiger partial charge on any atom is 0.349 e. The first-order valence-corrected chi connectivity index (χ1v) is 8.61. The van der Waals surface area contributed by atoms with E-state index in [1.165, 1.54) is 0 Å². The van der Waals surface area contributed by atoms with Crippen molar-refractivity contribution >= 4 is 16.9 Å². The zero-order valence-corrected chi connectivity index (χ0v) is 15.6. The summed E-state index contributed by atoms with van der Waals surface area (Å²) in [4.78, 5) is 26.7. The predicted octanol–water partition coefficient (Wildman–Crippen LogP) is 2.83. The Bertz CT molecular complexity index is 993. The molecule has 0 saturated heterocycles. The van der Waals surface area contributed by atoms with Crippen molar-refractivity contribution in [3.63, 3.8) is 0 Å². The van der Waals surface area contributed by atoms with Gasteiger partial charge in [0.1, 0.15) is 16.9 Å². The summed E-state index contributed by atoms with van der Waals surface area (Å²) >= 11 is 0. The number of methoxy groups -OCH3 is 1. The van der Waals surface area contributed by atoms with Crippen molar-refractivity contribution in [3.8, 4) is 5.75 Å². The molecule has 0 aliphatic rings. The van der Waals surface area contributed by atoms with Crippen LogP contribution in [0.1, 0.15) is 22.0 Å². The van der Waals surface area contributed by atoms with Crippen molar-refractivity contribution in [3.05, 3.63) is 76.1 Å². The van der Waals surface area contributed by atoms with Crippen molar-refractivity contribution in [1.29, 1.82) is 0 Å². The van der Waals surface area contributed by atoms with Crippen molar-refractivity contribution in [2.24, 2.45) is 0 Å². The molecule has 3 rings (SSSR count). The molecule has 0 aliphatic carbocycles. The average Bonchev–Trinajstić information content (AvgIpc) is 2.67. The van der Waals surface area contributed by atoms with Gasteiger partial charge in [-0.3, -0.25) is 4.79 Å². The second-order valence-electron chi connectivity index (χ2n) is 6.45. The lowest BCUT2D eigenvalue weighted by Crippen LogP contribution is -2.36. The first-order valence-electron chi connectivity index (χ1n) is 8.61. The second-order valence-corrected chi connectivity index (χ2v) is 6.45. The van der Waals surface area contributed by atoms with E-state index in [0.717, 1.165) is 11.3 Å². The van der Waals surface area contributed by atoms with Gasteiger partial charge in [0.25, 0.3) is 5.91 Å². The van der Waals surface area contributed by atoms with Crippen LogP contribution >= 0.6 is 0 Å². The highest BCUT2D eigenvalue weighted by molar-refractivity contribution is 5.96. The molecule has 140 valence electrons. The van der Waals surface area contributed by atoms with Gasteiger partial charge in [-0.2, -0.15) is 0 Å². The molecule has 6 heteroatoms. The molecule has 1 N–H and O–H groups in total. The number of rotatable bonds is 6. The Balaban J connectivity index is 1.78. The van der Waals surface area contributed by atoms with Gasteiger partial charge in [-0.15, -0.1) is 0 Å². The molecule has 3 aromatic rings. The zero-order valence-electron chi connectivity index (χ0n) is 15.6. The van der Waals surface area contributed by atoms with Gasteiger partial charge >= 0.3 is 5.63 Å². The van der Waals surface area contributed by atoms with Gasteiger partial charge in [-0.05, 0) is 43.9 Å². The molecule has 1 atom stereocenters. The quantitative estimate of drug-likeness (QED) is 0.679. The topological polar surface area (TPSA) is 71.8 Å². The first-order chi connectivity index (χ1) is 13.0. The molecule has 2 aromatic carbocycles. The third-order valence-electron chi connectivity index (χ3n) is 4.47. The lowest BCUT2D eigenvalue weighted by molar-refractivity contribution is 0.0938. The van der Waals surface area contributed by atoms with Crippen molar-refractivity contribution in [1.82, 2.24) is 10.2 Å². The third kappa shape index (κ3) is 4.17. The van der Waals surface area contributed by atoms with Crippen LogP contribution in [0.25, 0.3) is 11.0 Å². The van der Waals surface area contributed by atoms with E-state index in [9.17, 15) is 9.59 Å². The lowest BCUT2D eigenvalue weighted by Gasteiger charge is -2.25. The minimum Gasteiger partial charge on any atom is -0.497 e. The van der Waals surface area contributed by atoms with Gasteiger partial charge in [0.15, 0.2) is 0 Å². The van der Waals surface area contributed by atoms with E-state index in [1.807, 2.05) is 49.3 Å². The Labute approximate surface area is 157 Å². The van der Waals surface area contributed by atoms with Crippen LogP contribution in [0.15, 0.2) is 63.8 Å². The zero-order chi connectivity index (χ0) is 19.4. The van der Waals surface area contributed by atoms with E-state index >= 15 is 0 Å². The highest BCUT2D eigenvalue weighted by Gasteiger charge is 2.18. The summed E-state index contributed by atoms with van der Waals surface area (Å²) in [6.07, 6.45) is 0. The van der Waals surface area contributed by atoms with Gasteiger partial charge in [0, 0.05) is 11.9 Å². The van der Waals surface area contributed by atoms with E-state index in [-0.39, 0.29) is 11.6 Å². The number of amides is 1. The minimum atomic E-state index is -0.642. The largest absolute Gasteiger partial charge is 0.497 e. The van der Waals surface area contributed by atoms with Crippen molar-refractivity contribution < 1.29 is 13.9 Å². The molecule has 0 unspecified atom stereocenters. The van der Waals surface area contributed by atoms with Gasteiger partial charge in [0.2, 0.25) is 0 Å². The van der Waals surface area contributed by atoms with Crippen LogP contribution in [0.5, 0.6) is 5.75 Å². The minimum absolute atomic E-state index is 0.000868. The summed E-state index contributed by atoms with van der Waals surface area (Å²) in [5.41, 5.74) is 0.855. The molecule has 0 aliphatic heterocycles. The standard InChI is InChI=1S/C21H22N2O4/c1-23(2)18(14-8-10-16(26-3)11-9-14)13-22-20(24)17-12-15-6-4-5-7-19(15)27-21(17)25/h4-12,18H,13H2,1-3H3,(H,22,24)/t18-/m1/s1. The summed E-state index contributed by atoms with van der Waals surface area (Å²) in [5, 5.41) is 3.55. The summed E-state index contributed by atoms with van der Waals surface area (Å²) in [6.45, 7) is 0.352. The number of para-hydroxylation sites is 1. The Hall–Kier alpha value is -3.12. The van der Waals surface area contributed by atoms with Gasteiger partial charge < -0.3 is 19.4 Å². The average molecular weight is 366 g/mol. The Morgan fingerprint density at radius 1 is 1.15 bits per heavy atom. The number of nitrogens with one attached hydrogen (secondary N) is 1.